The predicted octanol–water partition coefficient (Wildman–Crippen LogP) is 1.70. The van der Waals surface area contributed by atoms with Gasteiger partial charge in [0.15, 0.2) is 0 Å². The van der Waals surface area contributed by atoms with Gasteiger partial charge in [0.1, 0.15) is 0 Å². The third-order valence-corrected chi connectivity index (χ3v) is 2.50. The molecule has 17 heavy (non-hydrogen) atoms. The molecule has 0 spiro atoms. The third-order valence-electron chi connectivity index (χ3n) is 2.50. The van der Waals surface area contributed by atoms with Gasteiger partial charge in [-0.25, -0.2) is 10.8 Å². The van der Waals surface area contributed by atoms with Crippen molar-refractivity contribution in [3.8, 4) is 0 Å². The van der Waals surface area contributed by atoms with Crippen LogP contribution >= 0.6 is 0 Å². The van der Waals surface area contributed by atoms with Gasteiger partial charge >= 0.3 is 0 Å². The molecule has 0 unspecified atom stereocenters. The summed E-state index contributed by atoms with van der Waals surface area (Å²) < 4.78 is 0. The summed E-state index contributed by atoms with van der Waals surface area (Å²) in [4.78, 5) is 4.38. The maximum absolute atomic E-state index is 5.40. The number of aliphatic imine (C=N–C) groups is 1. The Kier molecular flexibility index (Phi) is 6.10. The number of rotatable bonds is 5. The van der Waals surface area contributed by atoms with Crippen LogP contribution in [-0.2, 0) is 6.54 Å². The fourth-order valence-electron chi connectivity index (χ4n) is 1.40. The van der Waals surface area contributed by atoms with Gasteiger partial charge in [0.25, 0.3) is 0 Å². The van der Waals surface area contributed by atoms with E-state index in [1.165, 1.54) is 11.1 Å². The zero-order valence-corrected chi connectivity index (χ0v) is 10.7. The molecule has 0 fully saturated rings. The number of hydrazine groups is 1. The summed E-state index contributed by atoms with van der Waals surface area (Å²) in [5.41, 5.74) is 5.02. The number of hydrogen-bond acceptors (Lipinski definition) is 2. The Hall–Kier alpha value is -1.55. The fourth-order valence-corrected chi connectivity index (χ4v) is 1.40. The zero-order valence-electron chi connectivity index (χ0n) is 10.7. The van der Waals surface area contributed by atoms with Crippen molar-refractivity contribution in [3.05, 3.63) is 35.4 Å². The molecule has 0 aromatic heterocycles. The Bertz CT molecular complexity index is 343. The van der Waals surface area contributed by atoms with Crippen molar-refractivity contribution in [3.63, 3.8) is 0 Å². The molecule has 0 bridgehead atoms. The lowest BCUT2D eigenvalue weighted by Crippen LogP contribution is -2.41. The molecule has 1 aromatic rings. The Balaban J connectivity index is 2.46. The summed E-state index contributed by atoms with van der Waals surface area (Å²) in [5, 5.41) is 3.17. The molecule has 4 N–H and O–H groups in total. The molecular weight excluding hydrogens is 212 g/mol. The SMILES string of the molecule is CCCCNC(=NCc1ccc(C)cc1)NN. The number of guanidine groups is 1. The van der Waals surface area contributed by atoms with Crippen molar-refractivity contribution < 1.29 is 0 Å². The fraction of sp³-hybridized carbons (Fsp3) is 0.462. The number of nitrogens with one attached hydrogen (secondary N) is 2. The topological polar surface area (TPSA) is 62.4 Å². The molecule has 0 amide bonds. The molecule has 0 atom stereocenters. The van der Waals surface area contributed by atoms with Gasteiger partial charge in [0.05, 0.1) is 6.54 Å². The second-order valence-electron chi connectivity index (χ2n) is 4.08. The molecule has 0 radical (unpaired) electrons. The second kappa shape index (κ2) is 7.68. The lowest BCUT2D eigenvalue weighted by molar-refractivity contribution is 0.732. The Morgan fingerprint density at radius 3 is 2.59 bits per heavy atom. The minimum Gasteiger partial charge on any atom is -0.355 e. The first-order valence-electron chi connectivity index (χ1n) is 6.06. The molecule has 4 heteroatoms. The summed E-state index contributed by atoms with van der Waals surface area (Å²) in [6.45, 7) is 5.76. The van der Waals surface area contributed by atoms with Gasteiger partial charge in [-0.1, -0.05) is 43.2 Å². The number of benzene rings is 1. The first kappa shape index (κ1) is 13.5. The average molecular weight is 234 g/mol. The van der Waals surface area contributed by atoms with E-state index >= 15 is 0 Å². The largest absolute Gasteiger partial charge is 0.355 e. The normalized spacial score (nSPS) is 11.4. The van der Waals surface area contributed by atoms with E-state index in [0.29, 0.717) is 12.5 Å². The van der Waals surface area contributed by atoms with Gasteiger partial charge in [-0.15, -0.1) is 0 Å². The summed E-state index contributed by atoms with van der Waals surface area (Å²) in [6, 6.07) is 8.34. The van der Waals surface area contributed by atoms with Gasteiger partial charge in [0.2, 0.25) is 5.96 Å². The van der Waals surface area contributed by atoms with Crippen LogP contribution in [0.4, 0.5) is 0 Å². The molecule has 0 saturated carbocycles. The molecule has 1 aromatic carbocycles. The highest BCUT2D eigenvalue weighted by molar-refractivity contribution is 5.79. The van der Waals surface area contributed by atoms with Gasteiger partial charge in [-0.05, 0) is 18.9 Å². The van der Waals surface area contributed by atoms with E-state index in [0.717, 1.165) is 19.4 Å². The van der Waals surface area contributed by atoms with E-state index in [4.69, 9.17) is 5.84 Å². The maximum Gasteiger partial charge on any atom is 0.206 e. The molecule has 0 aliphatic carbocycles. The lowest BCUT2D eigenvalue weighted by atomic mass is 10.1. The van der Waals surface area contributed by atoms with E-state index in [1.54, 1.807) is 0 Å². The van der Waals surface area contributed by atoms with Crippen molar-refractivity contribution in [1.82, 2.24) is 10.7 Å². The molecule has 0 aliphatic rings. The number of unbranched alkanes of at least 4 members (excludes halogenated alkanes) is 1. The zero-order chi connectivity index (χ0) is 12.5. The smallest absolute Gasteiger partial charge is 0.206 e. The molecule has 1 rings (SSSR count). The van der Waals surface area contributed by atoms with Crippen molar-refractivity contribution in [2.45, 2.75) is 33.2 Å². The first-order valence-corrected chi connectivity index (χ1v) is 6.06. The number of nitrogens with zero attached hydrogens (tertiary/aromatic N) is 1. The highest BCUT2D eigenvalue weighted by atomic mass is 15.3. The molecule has 0 aliphatic heterocycles. The number of hydrogen-bond donors (Lipinski definition) is 3. The quantitative estimate of drug-likeness (QED) is 0.239. The minimum absolute atomic E-state index is 0.638. The van der Waals surface area contributed by atoms with Crippen molar-refractivity contribution >= 4 is 5.96 Å². The van der Waals surface area contributed by atoms with E-state index in [-0.39, 0.29) is 0 Å². The Morgan fingerprint density at radius 2 is 2.00 bits per heavy atom. The van der Waals surface area contributed by atoms with Crippen LogP contribution in [0.3, 0.4) is 0 Å². The van der Waals surface area contributed by atoms with Crippen LogP contribution in [-0.4, -0.2) is 12.5 Å². The van der Waals surface area contributed by atoms with Crippen molar-refractivity contribution in [2.24, 2.45) is 10.8 Å². The van der Waals surface area contributed by atoms with Gasteiger partial charge in [0, 0.05) is 6.54 Å². The highest BCUT2D eigenvalue weighted by Crippen LogP contribution is 2.04. The van der Waals surface area contributed by atoms with Crippen LogP contribution in [0.25, 0.3) is 0 Å². The van der Waals surface area contributed by atoms with E-state index in [1.807, 2.05) is 0 Å². The lowest BCUT2D eigenvalue weighted by Gasteiger charge is -2.08. The van der Waals surface area contributed by atoms with Crippen molar-refractivity contribution in [2.75, 3.05) is 6.54 Å². The van der Waals surface area contributed by atoms with Crippen molar-refractivity contribution in [1.29, 1.82) is 0 Å². The molecule has 0 saturated heterocycles. The van der Waals surface area contributed by atoms with Crippen LogP contribution in [0.15, 0.2) is 29.3 Å². The minimum atomic E-state index is 0.638. The summed E-state index contributed by atoms with van der Waals surface area (Å²) in [6.07, 6.45) is 2.27. The molecule has 4 nitrogen and oxygen atoms in total. The summed E-state index contributed by atoms with van der Waals surface area (Å²) in [7, 11) is 0. The van der Waals surface area contributed by atoms with E-state index in [2.05, 4.69) is 53.8 Å². The number of aryl methyl sites for hydroxylation is 1. The Labute approximate surface area is 103 Å². The van der Waals surface area contributed by atoms with Crippen LogP contribution in [0.2, 0.25) is 0 Å². The standard InChI is InChI=1S/C13H22N4/c1-3-4-9-15-13(17-14)16-10-12-7-5-11(2)6-8-12/h5-8H,3-4,9-10,14H2,1-2H3,(H2,15,16,17). The van der Waals surface area contributed by atoms with E-state index < -0.39 is 0 Å². The van der Waals surface area contributed by atoms with Crippen LogP contribution in [0.5, 0.6) is 0 Å². The number of nitrogens with two attached hydrogens (primary N) is 1. The van der Waals surface area contributed by atoms with Gasteiger partial charge < -0.3 is 5.32 Å². The van der Waals surface area contributed by atoms with Crippen LogP contribution in [0.1, 0.15) is 30.9 Å². The molecular formula is C13H22N4. The molecule has 94 valence electrons. The van der Waals surface area contributed by atoms with Gasteiger partial charge in [-0.3, -0.25) is 5.43 Å². The van der Waals surface area contributed by atoms with Crippen LogP contribution in [0, 0.1) is 6.92 Å². The predicted molar refractivity (Wildman–Crippen MR) is 72.6 cm³/mol. The third kappa shape index (κ3) is 5.36. The maximum atomic E-state index is 5.40. The van der Waals surface area contributed by atoms with Gasteiger partial charge in [-0.2, -0.15) is 0 Å². The second-order valence-corrected chi connectivity index (χ2v) is 4.08. The van der Waals surface area contributed by atoms with Crippen LogP contribution < -0.4 is 16.6 Å². The summed E-state index contributed by atoms with van der Waals surface area (Å²) in [5.74, 6) is 6.05. The summed E-state index contributed by atoms with van der Waals surface area (Å²) >= 11 is 0. The average Bonchev–Trinajstić information content (AvgIpc) is 2.35. The first-order chi connectivity index (χ1) is 8.26. The Morgan fingerprint density at radius 1 is 1.29 bits per heavy atom. The van der Waals surface area contributed by atoms with E-state index in [9.17, 15) is 0 Å². The monoisotopic (exact) mass is 234 g/mol. The molecule has 0 heterocycles. The highest BCUT2D eigenvalue weighted by Gasteiger charge is 1.95.